The van der Waals surface area contributed by atoms with Gasteiger partial charge in [-0.15, -0.1) is 0 Å². The van der Waals surface area contributed by atoms with E-state index in [2.05, 4.69) is 28.4 Å². The average Bonchev–Trinajstić information content (AvgIpc) is 3.17. The molecule has 0 radical (unpaired) electrons. The number of nitrogens with one attached hydrogen (secondary N) is 1. The third kappa shape index (κ3) is 2.91. The van der Waals surface area contributed by atoms with Crippen molar-refractivity contribution in [2.24, 2.45) is 5.41 Å². The van der Waals surface area contributed by atoms with E-state index in [9.17, 15) is 0 Å². The van der Waals surface area contributed by atoms with E-state index in [1.807, 2.05) is 12.1 Å². The first kappa shape index (κ1) is 15.6. The molecule has 2 fully saturated rings. The van der Waals surface area contributed by atoms with Crippen LogP contribution in [0.2, 0.25) is 0 Å². The highest BCUT2D eigenvalue weighted by Gasteiger charge is 2.35. The minimum absolute atomic E-state index is 0.583. The maximum Gasteiger partial charge on any atom is 0.137 e. The van der Waals surface area contributed by atoms with Gasteiger partial charge in [0.1, 0.15) is 11.5 Å². The maximum absolute atomic E-state index is 5.62. The highest BCUT2D eigenvalue weighted by molar-refractivity contribution is 5.70. The second-order valence-electron chi connectivity index (χ2n) is 7.10. The van der Waals surface area contributed by atoms with Crippen molar-refractivity contribution in [1.29, 1.82) is 0 Å². The number of methoxy groups -OCH3 is 1. The molecule has 1 aromatic heterocycles. The summed E-state index contributed by atoms with van der Waals surface area (Å²) in [5.41, 5.74) is 2.85. The van der Waals surface area contributed by atoms with Crippen molar-refractivity contribution >= 4 is 5.69 Å². The van der Waals surface area contributed by atoms with E-state index in [-0.39, 0.29) is 0 Å². The van der Waals surface area contributed by atoms with E-state index < -0.39 is 0 Å². The summed E-state index contributed by atoms with van der Waals surface area (Å²) in [6.45, 7) is 4.66. The minimum atomic E-state index is 0.583. The van der Waals surface area contributed by atoms with Gasteiger partial charge in [-0.25, -0.2) is 0 Å². The van der Waals surface area contributed by atoms with Crippen molar-refractivity contribution in [2.75, 3.05) is 38.2 Å². The maximum atomic E-state index is 5.62. The van der Waals surface area contributed by atoms with Crippen LogP contribution in [0.3, 0.4) is 0 Å². The molecule has 0 amide bonds. The van der Waals surface area contributed by atoms with Gasteiger partial charge in [0.15, 0.2) is 0 Å². The molecular formula is C20H26N2O2. The van der Waals surface area contributed by atoms with Gasteiger partial charge in [-0.05, 0) is 68.5 Å². The minimum Gasteiger partial charge on any atom is -0.496 e. The summed E-state index contributed by atoms with van der Waals surface area (Å²) in [5.74, 6) is 1.73. The van der Waals surface area contributed by atoms with Crippen molar-refractivity contribution in [1.82, 2.24) is 5.32 Å². The zero-order valence-electron chi connectivity index (χ0n) is 14.4. The Bertz CT molecular complexity index is 665. The van der Waals surface area contributed by atoms with E-state index >= 15 is 0 Å². The SMILES string of the molecule is COc1cc(N2CCC3(CCNCC3)CC2)ccc1-c1ccco1. The molecule has 0 unspecified atom stereocenters. The van der Waals surface area contributed by atoms with E-state index in [4.69, 9.17) is 9.15 Å². The summed E-state index contributed by atoms with van der Waals surface area (Å²) < 4.78 is 11.1. The molecule has 1 spiro atoms. The lowest BCUT2D eigenvalue weighted by atomic mass is 9.71. The number of ether oxygens (including phenoxy) is 1. The Morgan fingerprint density at radius 3 is 2.54 bits per heavy atom. The summed E-state index contributed by atoms with van der Waals surface area (Å²) in [7, 11) is 1.73. The van der Waals surface area contributed by atoms with Crippen molar-refractivity contribution in [3.8, 4) is 17.1 Å². The first-order chi connectivity index (χ1) is 11.8. The second kappa shape index (κ2) is 6.52. The number of piperidine rings is 2. The Kier molecular flexibility index (Phi) is 4.23. The van der Waals surface area contributed by atoms with Crippen LogP contribution >= 0.6 is 0 Å². The normalized spacial score (nSPS) is 20.3. The van der Waals surface area contributed by atoms with Crippen molar-refractivity contribution in [2.45, 2.75) is 25.7 Å². The van der Waals surface area contributed by atoms with E-state index in [0.717, 1.165) is 30.2 Å². The highest BCUT2D eigenvalue weighted by atomic mass is 16.5. The Morgan fingerprint density at radius 1 is 1.08 bits per heavy atom. The second-order valence-corrected chi connectivity index (χ2v) is 7.10. The molecule has 2 aliphatic rings. The number of hydrogen-bond acceptors (Lipinski definition) is 4. The summed E-state index contributed by atoms with van der Waals surface area (Å²) in [6, 6.07) is 10.3. The predicted molar refractivity (Wildman–Crippen MR) is 96.7 cm³/mol. The predicted octanol–water partition coefficient (Wildman–Crippen LogP) is 3.93. The molecule has 2 aliphatic heterocycles. The number of anilines is 1. The molecule has 0 atom stereocenters. The van der Waals surface area contributed by atoms with Gasteiger partial charge in [0.05, 0.1) is 18.9 Å². The largest absolute Gasteiger partial charge is 0.496 e. The standard InChI is InChI=1S/C20H26N2O2/c1-23-19-15-16(4-5-17(19)18-3-2-14-24-18)22-12-8-20(9-13-22)6-10-21-11-7-20/h2-5,14-15,21H,6-13H2,1H3. The fraction of sp³-hybridized carbons (Fsp3) is 0.500. The number of furan rings is 1. The third-order valence-corrected chi connectivity index (χ3v) is 5.83. The van der Waals surface area contributed by atoms with Gasteiger partial charge in [-0.2, -0.15) is 0 Å². The molecule has 4 nitrogen and oxygen atoms in total. The van der Waals surface area contributed by atoms with Gasteiger partial charge in [0.25, 0.3) is 0 Å². The molecule has 4 rings (SSSR count). The van der Waals surface area contributed by atoms with Crippen LogP contribution in [0.1, 0.15) is 25.7 Å². The van der Waals surface area contributed by atoms with E-state index in [1.54, 1.807) is 13.4 Å². The summed E-state index contributed by atoms with van der Waals surface area (Å²) in [4.78, 5) is 2.50. The molecule has 4 heteroatoms. The molecule has 0 bridgehead atoms. The smallest absolute Gasteiger partial charge is 0.137 e. The van der Waals surface area contributed by atoms with Gasteiger partial charge in [0.2, 0.25) is 0 Å². The van der Waals surface area contributed by atoms with Crippen LogP contribution in [-0.2, 0) is 0 Å². The highest BCUT2D eigenvalue weighted by Crippen LogP contribution is 2.41. The first-order valence-corrected chi connectivity index (χ1v) is 8.97. The lowest BCUT2D eigenvalue weighted by Crippen LogP contribution is -2.45. The molecule has 2 aromatic rings. The Morgan fingerprint density at radius 2 is 1.88 bits per heavy atom. The summed E-state index contributed by atoms with van der Waals surface area (Å²) in [5, 5.41) is 3.49. The van der Waals surface area contributed by atoms with Crippen LogP contribution in [0.25, 0.3) is 11.3 Å². The molecule has 24 heavy (non-hydrogen) atoms. The fourth-order valence-electron chi connectivity index (χ4n) is 4.21. The van der Waals surface area contributed by atoms with E-state index in [0.29, 0.717) is 5.41 Å². The third-order valence-electron chi connectivity index (χ3n) is 5.83. The summed E-state index contributed by atoms with van der Waals surface area (Å²) >= 11 is 0. The molecule has 1 aromatic carbocycles. The molecular weight excluding hydrogens is 300 g/mol. The zero-order chi connectivity index (χ0) is 16.4. The average molecular weight is 326 g/mol. The monoisotopic (exact) mass is 326 g/mol. The van der Waals surface area contributed by atoms with Crippen LogP contribution < -0.4 is 15.0 Å². The Balaban J connectivity index is 1.51. The van der Waals surface area contributed by atoms with E-state index in [1.165, 1.54) is 44.5 Å². The van der Waals surface area contributed by atoms with Crippen molar-refractivity contribution in [3.05, 3.63) is 36.6 Å². The lowest BCUT2D eigenvalue weighted by molar-refractivity contribution is 0.155. The van der Waals surface area contributed by atoms with Crippen LogP contribution in [0.15, 0.2) is 41.0 Å². The van der Waals surface area contributed by atoms with Crippen molar-refractivity contribution in [3.63, 3.8) is 0 Å². The molecule has 3 heterocycles. The first-order valence-electron chi connectivity index (χ1n) is 8.97. The van der Waals surface area contributed by atoms with Crippen LogP contribution in [0, 0.1) is 5.41 Å². The number of hydrogen-bond donors (Lipinski definition) is 1. The number of benzene rings is 1. The zero-order valence-corrected chi connectivity index (χ0v) is 14.4. The number of nitrogens with zero attached hydrogens (tertiary/aromatic N) is 1. The van der Waals surface area contributed by atoms with Gasteiger partial charge in [-0.3, -0.25) is 0 Å². The van der Waals surface area contributed by atoms with Crippen molar-refractivity contribution < 1.29 is 9.15 Å². The van der Waals surface area contributed by atoms with Crippen LogP contribution in [0.5, 0.6) is 5.75 Å². The molecule has 0 saturated carbocycles. The van der Waals surface area contributed by atoms with Gasteiger partial charge in [0, 0.05) is 24.8 Å². The lowest BCUT2D eigenvalue weighted by Gasteiger charge is -2.45. The van der Waals surface area contributed by atoms with Gasteiger partial charge < -0.3 is 19.4 Å². The number of rotatable bonds is 3. The Hall–Kier alpha value is -1.94. The summed E-state index contributed by atoms with van der Waals surface area (Å²) in [6.07, 6.45) is 6.98. The molecule has 1 N–H and O–H groups in total. The van der Waals surface area contributed by atoms with Crippen LogP contribution in [0.4, 0.5) is 5.69 Å². The molecule has 2 saturated heterocycles. The quantitative estimate of drug-likeness (QED) is 0.927. The fourth-order valence-corrected chi connectivity index (χ4v) is 4.21. The topological polar surface area (TPSA) is 37.6 Å². The van der Waals surface area contributed by atoms with Gasteiger partial charge in [-0.1, -0.05) is 0 Å². The molecule has 0 aliphatic carbocycles. The Labute approximate surface area is 143 Å². The molecule has 128 valence electrons. The van der Waals surface area contributed by atoms with Gasteiger partial charge >= 0.3 is 0 Å². The van der Waals surface area contributed by atoms with Crippen LogP contribution in [-0.4, -0.2) is 33.3 Å².